The van der Waals surface area contributed by atoms with Gasteiger partial charge in [-0.1, -0.05) is 24.3 Å². The third kappa shape index (κ3) is 4.75. The summed E-state index contributed by atoms with van der Waals surface area (Å²) in [6.45, 7) is 4.02. The van der Waals surface area contributed by atoms with Crippen LogP contribution in [0.15, 0.2) is 83.9 Å². The van der Waals surface area contributed by atoms with Gasteiger partial charge in [-0.2, -0.15) is 5.26 Å². The SMILES string of the molecule is CSc1ccc(N(Cc2cccc(-c3cc(C(C)(C)C#N)cc4cccnc34)c2)C(=O)O)cc1. The van der Waals surface area contributed by atoms with Crippen molar-refractivity contribution in [1.82, 2.24) is 4.98 Å². The Morgan fingerprint density at radius 2 is 1.85 bits per heavy atom. The summed E-state index contributed by atoms with van der Waals surface area (Å²) in [5.74, 6) is 0. The number of hydrogen-bond donors (Lipinski definition) is 1. The second-order valence-electron chi connectivity index (χ2n) is 8.60. The highest BCUT2D eigenvalue weighted by atomic mass is 32.2. The second-order valence-corrected chi connectivity index (χ2v) is 9.48. The molecular formula is C28H25N3O2S. The Balaban J connectivity index is 1.76. The molecule has 34 heavy (non-hydrogen) atoms. The number of rotatable bonds is 6. The van der Waals surface area contributed by atoms with E-state index in [4.69, 9.17) is 0 Å². The lowest BCUT2D eigenvalue weighted by molar-refractivity contribution is 0.201. The molecular weight excluding hydrogens is 442 g/mol. The largest absolute Gasteiger partial charge is 0.465 e. The van der Waals surface area contributed by atoms with E-state index in [0.29, 0.717) is 5.69 Å². The topological polar surface area (TPSA) is 77.2 Å². The molecule has 1 aromatic heterocycles. The lowest BCUT2D eigenvalue weighted by Crippen LogP contribution is -2.28. The Morgan fingerprint density at radius 3 is 2.53 bits per heavy atom. The summed E-state index contributed by atoms with van der Waals surface area (Å²) in [6.07, 6.45) is 2.74. The van der Waals surface area contributed by atoms with Crippen LogP contribution in [-0.4, -0.2) is 22.4 Å². The van der Waals surface area contributed by atoms with Gasteiger partial charge >= 0.3 is 6.09 Å². The van der Waals surface area contributed by atoms with E-state index in [9.17, 15) is 15.2 Å². The number of carboxylic acid groups (broad SMARTS) is 1. The summed E-state index contributed by atoms with van der Waals surface area (Å²) in [5.41, 5.74) is 4.45. The third-order valence-corrected chi connectivity index (χ3v) is 6.64. The van der Waals surface area contributed by atoms with Crippen LogP contribution in [0.2, 0.25) is 0 Å². The van der Waals surface area contributed by atoms with Crippen LogP contribution in [-0.2, 0) is 12.0 Å². The normalized spacial score (nSPS) is 11.2. The molecule has 3 aromatic carbocycles. The Kier molecular flexibility index (Phi) is 6.58. The molecule has 0 spiro atoms. The van der Waals surface area contributed by atoms with Crippen molar-refractivity contribution in [2.45, 2.75) is 30.7 Å². The molecule has 5 nitrogen and oxygen atoms in total. The number of thioether (sulfide) groups is 1. The number of fused-ring (bicyclic) bond motifs is 1. The minimum absolute atomic E-state index is 0.219. The van der Waals surface area contributed by atoms with Gasteiger partial charge in [0.05, 0.1) is 23.5 Å². The van der Waals surface area contributed by atoms with Crippen molar-refractivity contribution >= 4 is 34.4 Å². The highest BCUT2D eigenvalue weighted by Crippen LogP contribution is 2.34. The summed E-state index contributed by atoms with van der Waals surface area (Å²) in [4.78, 5) is 19.1. The van der Waals surface area contributed by atoms with E-state index < -0.39 is 11.5 Å². The van der Waals surface area contributed by atoms with Crippen LogP contribution in [0.25, 0.3) is 22.0 Å². The molecule has 4 rings (SSSR count). The average Bonchev–Trinajstić information content (AvgIpc) is 2.86. The summed E-state index contributed by atoms with van der Waals surface area (Å²) < 4.78 is 0. The number of anilines is 1. The van der Waals surface area contributed by atoms with E-state index in [1.165, 1.54) is 4.90 Å². The molecule has 0 saturated carbocycles. The minimum Gasteiger partial charge on any atom is -0.465 e. The van der Waals surface area contributed by atoms with E-state index in [0.717, 1.165) is 38.1 Å². The van der Waals surface area contributed by atoms with Gasteiger partial charge < -0.3 is 5.11 Å². The molecule has 0 aliphatic carbocycles. The number of aromatic nitrogens is 1. The van der Waals surface area contributed by atoms with Gasteiger partial charge in [-0.3, -0.25) is 9.88 Å². The quantitative estimate of drug-likeness (QED) is 0.306. The molecule has 0 saturated heterocycles. The fourth-order valence-electron chi connectivity index (χ4n) is 3.89. The fourth-order valence-corrected chi connectivity index (χ4v) is 4.30. The molecule has 6 heteroatoms. The van der Waals surface area contributed by atoms with Crippen LogP contribution >= 0.6 is 11.8 Å². The van der Waals surface area contributed by atoms with E-state index in [1.54, 1.807) is 18.0 Å². The second kappa shape index (κ2) is 9.58. The molecule has 1 N–H and O–H groups in total. The maximum atomic E-state index is 12.1. The van der Waals surface area contributed by atoms with Crippen molar-refractivity contribution in [2.75, 3.05) is 11.2 Å². The van der Waals surface area contributed by atoms with Gasteiger partial charge in [-0.05, 0) is 85.3 Å². The molecule has 1 heterocycles. The number of benzene rings is 3. The van der Waals surface area contributed by atoms with Crippen LogP contribution in [0.4, 0.5) is 10.5 Å². The van der Waals surface area contributed by atoms with E-state index >= 15 is 0 Å². The summed E-state index contributed by atoms with van der Waals surface area (Å²) >= 11 is 1.61. The molecule has 0 unspecified atom stereocenters. The molecule has 0 aliphatic heterocycles. The van der Waals surface area contributed by atoms with Gasteiger partial charge in [0.1, 0.15) is 0 Å². The smallest absolute Gasteiger partial charge is 0.412 e. The zero-order valence-corrected chi connectivity index (χ0v) is 20.1. The van der Waals surface area contributed by atoms with Crippen molar-refractivity contribution < 1.29 is 9.90 Å². The maximum Gasteiger partial charge on any atom is 0.412 e. The summed E-state index contributed by atoms with van der Waals surface area (Å²) in [5, 5.41) is 20.5. The fraction of sp³-hybridized carbons (Fsp3) is 0.179. The first-order valence-corrected chi connectivity index (χ1v) is 12.1. The van der Waals surface area contributed by atoms with Crippen molar-refractivity contribution in [3.8, 4) is 17.2 Å². The lowest BCUT2D eigenvalue weighted by atomic mass is 9.83. The molecule has 0 fully saturated rings. The average molecular weight is 468 g/mol. The summed E-state index contributed by atoms with van der Waals surface area (Å²) in [7, 11) is 0. The van der Waals surface area contributed by atoms with Gasteiger partial charge in [0.15, 0.2) is 0 Å². The maximum absolute atomic E-state index is 12.1. The van der Waals surface area contributed by atoms with Crippen LogP contribution in [0.3, 0.4) is 0 Å². The number of nitriles is 1. The van der Waals surface area contributed by atoms with Gasteiger partial charge in [0, 0.05) is 27.7 Å². The predicted molar refractivity (Wildman–Crippen MR) is 138 cm³/mol. The zero-order valence-electron chi connectivity index (χ0n) is 19.3. The zero-order chi connectivity index (χ0) is 24.3. The Labute approximate surface area is 203 Å². The molecule has 170 valence electrons. The van der Waals surface area contributed by atoms with Gasteiger partial charge in [0.2, 0.25) is 0 Å². The molecule has 4 aromatic rings. The van der Waals surface area contributed by atoms with E-state index in [-0.39, 0.29) is 6.54 Å². The number of amides is 1. The minimum atomic E-state index is -1.01. The van der Waals surface area contributed by atoms with Gasteiger partial charge in [-0.15, -0.1) is 11.8 Å². The first kappa shape index (κ1) is 23.3. The summed E-state index contributed by atoms with van der Waals surface area (Å²) in [6, 6.07) is 25.7. The van der Waals surface area contributed by atoms with Crippen molar-refractivity contribution in [3.63, 3.8) is 0 Å². The van der Waals surface area contributed by atoms with Crippen LogP contribution in [0.5, 0.6) is 0 Å². The highest BCUT2D eigenvalue weighted by molar-refractivity contribution is 7.98. The van der Waals surface area contributed by atoms with E-state index in [2.05, 4.69) is 11.1 Å². The Hall–Kier alpha value is -3.82. The third-order valence-electron chi connectivity index (χ3n) is 5.90. The first-order chi connectivity index (χ1) is 16.3. The molecule has 0 radical (unpaired) electrons. The molecule has 1 amide bonds. The molecule has 0 aliphatic rings. The predicted octanol–water partition coefficient (Wildman–Crippen LogP) is 7.11. The number of carbonyl (C=O) groups is 1. The Bertz CT molecular complexity index is 1390. The van der Waals surface area contributed by atoms with E-state index in [1.807, 2.05) is 92.9 Å². The van der Waals surface area contributed by atoms with Crippen molar-refractivity contribution in [3.05, 3.63) is 90.1 Å². The van der Waals surface area contributed by atoms with Crippen molar-refractivity contribution in [2.24, 2.45) is 0 Å². The standard InChI is InChI=1S/C28H25N3O2S/c1-28(2,18-29)22-15-21-8-5-13-30-26(21)25(16-22)20-7-4-6-19(14-20)17-31(27(32)33)23-9-11-24(34-3)12-10-23/h4-16H,17H2,1-3H3,(H,32,33). The van der Waals surface area contributed by atoms with Gasteiger partial charge in [0.25, 0.3) is 0 Å². The molecule has 0 bridgehead atoms. The monoisotopic (exact) mass is 467 g/mol. The molecule has 0 atom stereocenters. The number of nitrogens with zero attached hydrogens (tertiary/aromatic N) is 3. The van der Waals surface area contributed by atoms with Crippen LogP contribution in [0.1, 0.15) is 25.0 Å². The number of hydrogen-bond acceptors (Lipinski definition) is 4. The highest BCUT2D eigenvalue weighted by Gasteiger charge is 2.22. The van der Waals surface area contributed by atoms with Crippen LogP contribution < -0.4 is 4.90 Å². The van der Waals surface area contributed by atoms with Crippen LogP contribution in [0, 0.1) is 11.3 Å². The lowest BCUT2D eigenvalue weighted by Gasteiger charge is -2.21. The van der Waals surface area contributed by atoms with Gasteiger partial charge in [-0.25, -0.2) is 4.79 Å². The van der Waals surface area contributed by atoms with Crippen molar-refractivity contribution in [1.29, 1.82) is 5.26 Å². The first-order valence-electron chi connectivity index (χ1n) is 10.9. The number of pyridine rings is 1. The Morgan fingerprint density at radius 1 is 1.09 bits per heavy atom.